The van der Waals surface area contributed by atoms with Crippen LogP contribution in [0.25, 0.3) is 16.0 Å². The zero-order valence-electron chi connectivity index (χ0n) is 23.3. The molecule has 4 aromatic rings. The number of rotatable bonds is 11. The van der Waals surface area contributed by atoms with E-state index in [1.807, 2.05) is 56.3 Å². The number of aliphatic hydroxyl groups is 1. The Balaban J connectivity index is 1.63. The second-order valence-corrected chi connectivity index (χ2v) is 10.5. The second-order valence-electron chi connectivity index (χ2n) is 9.46. The molecule has 1 aromatic heterocycles. The van der Waals surface area contributed by atoms with Gasteiger partial charge in [-0.15, -0.1) is 0 Å². The first kappa shape index (κ1) is 28.2. The summed E-state index contributed by atoms with van der Waals surface area (Å²) in [5.41, 5.74) is 1.69. The van der Waals surface area contributed by atoms with Crippen molar-refractivity contribution in [3.8, 4) is 17.2 Å². The minimum absolute atomic E-state index is 0.0147. The van der Waals surface area contributed by atoms with E-state index in [-0.39, 0.29) is 11.3 Å². The van der Waals surface area contributed by atoms with Gasteiger partial charge in [-0.2, -0.15) is 0 Å². The van der Waals surface area contributed by atoms with Crippen LogP contribution in [0.3, 0.4) is 0 Å². The van der Waals surface area contributed by atoms with Gasteiger partial charge in [0, 0.05) is 5.56 Å². The molecular weight excluding hydrogens is 540 g/mol. The Morgan fingerprint density at radius 1 is 0.902 bits per heavy atom. The molecule has 1 unspecified atom stereocenters. The Morgan fingerprint density at radius 2 is 1.61 bits per heavy atom. The van der Waals surface area contributed by atoms with Gasteiger partial charge in [0.15, 0.2) is 5.13 Å². The molecule has 8 nitrogen and oxygen atoms in total. The first-order chi connectivity index (χ1) is 19.9. The molecule has 0 saturated carbocycles. The Bertz CT molecular complexity index is 1590. The van der Waals surface area contributed by atoms with Crippen molar-refractivity contribution in [3.05, 3.63) is 83.4 Å². The van der Waals surface area contributed by atoms with Crippen LogP contribution in [0.4, 0.5) is 5.13 Å². The van der Waals surface area contributed by atoms with E-state index in [0.29, 0.717) is 58.8 Å². The van der Waals surface area contributed by atoms with Crippen molar-refractivity contribution in [2.75, 3.05) is 24.7 Å². The van der Waals surface area contributed by atoms with E-state index in [1.165, 1.54) is 16.2 Å². The first-order valence-electron chi connectivity index (χ1n) is 13.8. The number of aromatic nitrogens is 1. The SMILES string of the molecule is CCCCOc1cccc(C2C(=C(O)c3ccc(OCC)cc3)C(=O)C(=O)N2c2nc3ccc(OCC)cc3s2)c1. The van der Waals surface area contributed by atoms with Crippen LogP contribution in [0.5, 0.6) is 17.2 Å². The van der Waals surface area contributed by atoms with Crippen molar-refractivity contribution in [2.45, 2.75) is 39.7 Å². The molecule has 1 aliphatic heterocycles. The van der Waals surface area contributed by atoms with Gasteiger partial charge >= 0.3 is 5.91 Å². The van der Waals surface area contributed by atoms with Crippen molar-refractivity contribution in [3.63, 3.8) is 0 Å². The van der Waals surface area contributed by atoms with E-state index in [4.69, 9.17) is 19.2 Å². The van der Waals surface area contributed by atoms with Crippen LogP contribution in [-0.4, -0.2) is 41.6 Å². The number of hydrogen-bond donors (Lipinski definition) is 1. The molecule has 1 aliphatic rings. The van der Waals surface area contributed by atoms with Gasteiger partial charge in [0.2, 0.25) is 0 Å². The van der Waals surface area contributed by atoms with E-state index in [1.54, 1.807) is 24.3 Å². The lowest BCUT2D eigenvalue weighted by Crippen LogP contribution is -2.29. The van der Waals surface area contributed by atoms with Crippen LogP contribution in [0.1, 0.15) is 50.8 Å². The first-order valence-corrected chi connectivity index (χ1v) is 14.6. The summed E-state index contributed by atoms with van der Waals surface area (Å²) in [4.78, 5) is 33.3. The molecule has 1 amide bonds. The van der Waals surface area contributed by atoms with E-state index < -0.39 is 17.7 Å². The molecule has 3 aromatic carbocycles. The van der Waals surface area contributed by atoms with Gasteiger partial charge in [0.1, 0.15) is 23.0 Å². The number of amides is 1. The minimum atomic E-state index is -0.914. The molecule has 41 heavy (non-hydrogen) atoms. The van der Waals surface area contributed by atoms with Crippen LogP contribution in [0.2, 0.25) is 0 Å². The smallest absolute Gasteiger partial charge is 0.301 e. The fourth-order valence-electron chi connectivity index (χ4n) is 4.74. The third-order valence-corrected chi connectivity index (χ3v) is 7.71. The molecule has 9 heteroatoms. The number of fused-ring (bicyclic) bond motifs is 1. The maximum atomic E-state index is 13.6. The third-order valence-electron chi connectivity index (χ3n) is 6.69. The van der Waals surface area contributed by atoms with E-state index in [9.17, 15) is 14.7 Å². The number of ketones is 1. The van der Waals surface area contributed by atoms with E-state index >= 15 is 0 Å². The molecule has 5 rings (SSSR count). The highest BCUT2D eigenvalue weighted by atomic mass is 32.1. The Hall–Kier alpha value is -4.37. The molecule has 0 spiro atoms. The number of carbonyl (C=O) groups excluding carboxylic acids is 2. The Morgan fingerprint density at radius 3 is 2.34 bits per heavy atom. The lowest BCUT2D eigenvalue weighted by atomic mass is 9.95. The number of thiazole rings is 1. The molecule has 212 valence electrons. The topological polar surface area (TPSA) is 98.2 Å². The monoisotopic (exact) mass is 572 g/mol. The fourth-order valence-corrected chi connectivity index (χ4v) is 5.76. The number of benzene rings is 3. The summed E-state index contributed by atoms with van der Waals surface area (Å²) in [6, 6.07) is 18.7. The maximum Gasteiger partial charge on any atom is 0.301 e. The summed E-state index contributed by atoms with van der Waals surface area (Å²) in [6.07, 6.45) is 1.89. The van der Waals surface area contributed by atoms with Crippen LogP contribution < -0.4 is 19.1 Å². The van der Waals surface area contributed by atoms with Crippen molar-refractivity contribution >= 4 is 44.1 Å². The fraction of sp³-hybridized carbons (Fsp3) is 0.281. The van der Waals surface area contributed by atoms with Crippen molar-refractivity contribution < 1.29 is 28.9 Å². The number of Topliss-reactive ketones (excluding diaryl/α,β-unsaturated/α-hetero) is 1. The maximum absolute atomic E-state index is 13.6. The van der Waals surface area contributed by atoms with Gasteiger partial charge in [-0.3, -0.25) is 14.5 Å². The molecule has 0 aliphatic carbocycles. The lowest BCUT2D eigenvalue weighted by Gasteiger charge is -2.23. The minimum Gasteiger partial charge on any atom is -0.507 e. The number of nitrogens with zero attached hydrogens (tertiary/aromatic N) is 2. The highest BCUT2D eigenvalue weighted by Gasteiger charge is 2.48. The van der Waals surface area contributed by atoms with Gasteiger partial charge in [0.25, 0.3) is 5.78 Å². The van der Waals surface area contributed by atoms with Gasteiger partial charge in [-0.25, -0.2) is 4.98 Å². The van der Waals surface area contributed by atoms with Crippen LogP contribution in [0.15, 0.2) is 72.3 Å². The van der Waals surface area contributed by atoms with Gasteiger partial charge in [-0.1, -0.05) is 36.8 Å². The van der Waals surface area contributed by atoms with Gasteiger partial charge in [0.05, 0.1) is 41.7 Å². The van der Waals surface area contributed by atoms with E-state index in [0.717, 1.165) is 17.5 Å². The van der Waals surface area contributed by atoms with Crippen LogP contribution >= 0.6 is 11.3 Å². The number of anilines is 1. The highest BCUT2D eigenvalue weighted by Crippen LogP contribution is 2.45. The predicted octanol–water partition coefficient (Wildman–Crippen LogP) is 6.90. The van der Waals surface area contributed by atoms with Gasteiger partial charge < -0.3 is 19.3 Å². The average Bonchev–Trinajstić information content (AvgIpc) is 3.51. The molecule has 0 bridgehead atoms. The van der Waals surface area contributed by atoms with Crippen LogP contribution in [-0.2, 0) is 9.59 Å². The third kappa shape index (κ3) is 5.76. The number of hydrogen-bond acceptors (Lipinski definition) is 8. The zero-order valence-corrected chi connectivity index (χ0v) is 24.1. The number of unbranched alkanes of at least 4 members (excludes halogenated alkanes) is 1. The molecular formula is C32H32N2O6S. The molecule has 1 saturated heterocycles. The molecule has 1 atom stereocenters. The zero-order chi connectivity index (χ0) is 28.9. The standard InChI is InChI=1S/C32H32N2O6S/c1-4-7-17-40-23-10-8-9-21(18-23)28-27(29(35)20-11-13-22(14-12-20)38-5-2)30(36)31(37)34(28)32-33-25-16-15-24(39-6-3)19-26(25)41-32/h8-16,18-19,28,35H,4-7,17H2,1-3H3. The number of aliphatic hydroxyl groups excluding tert-OH is 1. The summed E-state index contributed by atoms with van der Waals surface area (Å²) >= 11 is 1.29. The van der Waals surface area contributed by atoms with Crippen molar-refractivity contribution in [1.82, 2.24) is 4.98 Å². The molecule has 2 heterocycles. The van der Waals surface area contributed by atoms with Crippen molar-refractivity contribution in [1.29, 1.82) is 0 Å². The molecule has 1 N–H and O–H groups in total. The quantitative estimate of drug-likeness (QED) is 0.0904. The van der Waals surface area contributed by atoms with Gasteiger partial charge in [-0.05, 0) is 80.4 Å². The summed E-state index contributed by atoms with van der Waals surface area (Å²) < 4.78 is 17.9. The second kappa shape index (κ2) is 12.4. The average molecular weight is 573 g/mol. The summed E-state index contributed by atoms with van der Waals surface area (Å²) in [5, 5.41) is 11.8. The predicted molar refractivity (Wildman–Crippen MR) is 160 cm³/mol. The molecule has 1 fully saturated rings. The van der Waals surface area contributed by atoms with Crippen molar-refractivity contribution in [2.24, 2.45) is 0 Å². The Labute approximate surface area is 242 Å². The number of ether oxygens (including phenoxy) is 3. The summed E-state index contributed by atoms with van der Waals surface area (Å²) in [7, 11) is 0. The normalized spacial score (nSPS) is 16.4. The summed E-state index contributed by atoms with van der Waals surface area (Å²) in [6.45, 7) is 7.45. The largest absolute Gasteiger partial charge is 0.507 e. The van der Waals surface area contributed by atoms with E-state index in [2.05, 4.69) is 6.92 Å². The van der Waals surface area contributed by atoms with Crippen LogP contribution in [0, 0.1) is 0 Å². The molecule has 0 radical (unpaired) electrons. The Kier molecular flexibility index (Phi) is 8.54. The summed E-state index contributed by atoms with van der Waals surface area (Å²) in [5.74, 6) is 0.140. The lowest BCUT2D eigenvalue weighted by molar-refractivity contribution is -0.132. The highest BCUT2D eigenvalue weighted by molar-refractivity contribution is 7.22. The number of carbonyl (C=O) groups is 2.